The molecule has 1 heterocycles. The van der Waals surface area contributed by atoms with Gasteiger partial charge in [-0.2, -0.15) is 0 Å². The molecule has 2 aromatic rings. The second-order valence-corrected chi connectivity index (χ2v) is 6.58. The van der Waals surface area contributed by atoms with Crippen LogP contribution in [0.2, 0.25) is 0 Å². The van der Waals surface area contributed by atoms with E-state index in [-0.39, 0.29) is 24.3 Å². The van der Waals surface area contributed by atoms with Crippen LogP contribution in [0.25, 0.3) is 0 Å². The van der Waals surface area contributed by atoms with Crippen molar-refractivity contribution in [3.8, 4) is 11.5 Å². The Labute approximate surface area is 169 Å². The summed E-state index contributed by atoms with van der Waals surface area (Å²) in [6.07, 6.45) is 0. The van der Waals surface area contributed by atoms with E-state index >= 15 is 0 Å². The first-order chi connectivity index (χ1) is 13.9. The van der Waals surface area contributed by atoms with Crippen molar-refractivity contribution in [3.63, 3.8) is 0 Å². The van der Waals surface area contributed by atoms with Gasteiger partial charge in [0.05, 0.1) is 14.2 Å². The quantitative estimate of drug-likeness (QED) is 0.726. The van der Waals surface area contributed by atoms with Crippen molar-refractivity contribution in [2.45, 2.75) is 6.92 Å². The molecule has 3 amide bonds. The smallest absolute Gasteiger partial charge is 0.325 e. The highest BCUT2D eigenvalue weighted by molar-refractivity contribution is 6.00. The van der Waals surface area contributed by atoms with Gasteiger partial charge in [-0.3, -0.25) is 14.5 Å². The SMILES string of the molecule is COc1ccc(N2CCN(CC(=O)Nc3cccc(C(C)=O)c3)C2=O)cc1OC. The zero-order valence-electron chi connectivity index (χ0n) is 16.6. The Morgan fingerprint density at radius 2 is 1.79 bits per heavy atom. The Kier molecular flexibility index (Phi) is 6.01. The van der Waals surface area contributed by atoms with E-state index in [2.05, 4.69) is 5.32 Å². The van der Waals surface area contributed by atoms with Crippen molar-refractivity contribution in [2.24, 2.45) is 0 Å². The van der Waals surface area contributed by atoms with Crippen molar-refractivity contribution in [3.05, 3.63) is 48.0 Å². The number of hydrogen-bond acceptors (Lipinski definition) is 5. The van der Waals surface area contributed by atoms with Gasteiger partial charge in [0.1, 0.15) is 6.54 Å². The van der Waals surface area contributed by atoms with Crippen LogP contribution in [0, 0.1) is 0 Å². The van der Waals surface area contributed by atoms with Crippen LogP contribution in [0.15, 0.2) is 42.5 Å². The molecular weight excluding hydrogens is 374 g/mol. The number of nitrogens with one attached hydrogen (secondary N) is 1. The highest BCUT2D eigenvalue weighted by Gasteiger charge is 2.31. The van der Waals surface area contributed by atoms with Crippen molar-refractivity contribution < 1.29 is 23.9 Å². The Hall–Kier alpha value is -3.55. The highest BCUT2D eigenvalue weighted by atomic mass is 16.5. The fourth-order valence-electron chi connectivity index (χ4n) is 3.15. The van der Waals surface area contributed by atoms with Crippen LogP contribution in [0.5, 0.6) is 11.5 Å². The summed E-state index contributed by atoms with van der Waals surface area (Å²) in [7, 11) is 3.08. The molecule has 0 atom stereocenters. The number of benzene rings is 2. The van der Waals surface area contributed by atoms with Crippen LogP contribution in [0.4, 0.5) is 16.2 Å². The molecule has 0 bridgehead atoms. The summed E-state index contributed by atoms with van der Waals surface area (Å²) in [5.41, 5.74) is 1.70. The monoisotopic (exact) mass is 397 g/mol. The Morgan fingerprint density at radius 1 is 1.03 bits per heavy atom. The molecule has 29 heavy (non-hydrogen) atoms. The second-order valence-electron chi connectivity index (χ2n) is 6.58. The molecule has 8 nitrogen and oxygen atoms in total. The number of rotatable bonds is 7. The van der Waals surface area contributed by atoms with Gasteiger partial charge in [0.2, 0.25) is 5.91 Å². The van der Waals surface area contributed by atoms with E-state index in [9.17, 15) is 14.4 Å². The van der Waals surface area contributed by atoms with Gasteiger partial charge in [0.25, 0.3) is 0 Å². The summed E-state index contributed by atoms with van der Waals surface area (Å²) in [5, 5.41) is 2.73. The van der Waals surface area contributed by atoms with E-state index in [1.54, 1.807) is 54.5 Å². The molecule has 1 saturated heterocycles. The number of ether oxygens (including phenoxy) is 2. The molecule has 0 saturated carbocycles. The topological polar surface area (TPSA) is 88.2 Å². The number of anilines is 2. The van der Waals surface area contributed by atoms with Crippen LogP contribution in [-0.2, 0) is 4.79 Å². The summed E-state index contributed by atoms with van der Waals surface area (Å²) in [4.78, 5) is 39.7. The average molecular weight is 397 g/mol. The molecule has 152 valence electrons. The lowest BCUT2D eigenvalue weighted by atomic mass is 10.1. The third kappa shape index (κ3) is 4.48. The molecule has 8 heteroatoms. The number of urea groups is 1. The van der Waals surface area contributed by atoms with E-state index in [1.807, 2.05) is 0 Å². The Balaban J connectivity index is 1.65. The second kappa shape index (κ2) is 8.64. The lowest BCUT2D eigenvalue weighted by Crippen LogP contribution is -2.37. The van der Waals surface area contributed by atoms with Crippen molar-refractivity contribution >= 4 is 29.1 Å². The van der Waals surface area contributed by atoms with E-state index in [4.69, 9.17) is 9.47 Å². The summed E-state index contributed by atoms with van der Waals surface area (Å²) >= 11 is 0. The predicted molar refractivity (Wildman–Crippen MR) is 109 cm³/mol. The maximum atomic E-state index is 12.7. The summed E-state index contributed by atoms with van der Waals surface area (Å²) in [6.45, 7) is 2.27. The number of Topliss-reactive ketones (excluding diaryl/α,β-unsaturated/α-hetero) is 1. The largest absolute Gasteiger partial charge is 0.493 e. The minimum absolute atomic E-state index is 0.0765. The molecule has 1 aliphatic heterocycles. The lowest BCUT2D eigenvalue weighted by molar-refractivity contribution is -0.116. The minimum atomic E-state index is -0.326. The molecule has 3 rings (SSSR count). The molecule has 1 N–H and O–H groups in total. The molecular formula is C21H23N3O5. The molecule has 1 aliphatic rings. The lowest BCUT2D eigenvalue weighted by Gasteiger charge is -2.19. The van der Waals surface area contributed by atoms with Gasteiger partial charge < -0.3 is 19.7 Å². The zero-order valence-corrected chi connectivity index (χ0v) is 16.6. The summed E-state index contributed by atoms with van der Waals surface area (Å²) in [6, 6.07) is 11.7. The molecule has 0 unspecified atom stereocenters. The number of ketones is 1. The van der Waals surface area contributed by atoms with Crippen molar-refractivity contribution in [1.29, 1.82) is 0 Å². The number of carbonyl (C=O) groups is 3. The van der Waals surface area contributed by atoms with E-state index in [1.165, 1.54) is 18.9 Å². The van der Waals surface area contributed by atoms with Crippen LogP contribution in [0.1, 0.15) is 17.3 Å². The Bertz CT molecular complexity index is 944. The van der Waals surface area contributed by atoms with Gasteiger partial charge in [-0.05, 0) is 31.2 Å². The zero-order chi connectivity index (χ0) is 21.0. The fourth-order valence-corrected chi connectivity index (χ4v) is 3.15. The number of nitrogens with zero attached hydrogens (tertiary/aromatic N) is 2. The fraction of sp³-hybridized carbons (Fsp3) is 0.286. The highest BCUT2D eigenvalue weighted by Crippen LogP contribution is 2.32. The van der Waals surface area contributed by atoms with Crippen LogP contribution in [-0.4, -0.2) is 56.5 Å². The van der Waals surface area contributed by atoms with E-state index in [0.29, 0.717) is 41.5 Å². The van der Waals surface area contributed by atoms with E-state index < -0.39 is 0 Å². The standard InChI is InChI=1S/C21H23N3O5/c1-14(25)15-5-4-6-16(11-15)22-20(26)13-23-9-10-24(21(23)27)17-7-8-18(28-2)19(12-17)29-3/h4-8,11-12H,9-10,13H2,1-3H3,(H,22,26). The molecule has 2 aromatic carbocycles. The third-order valence-electron chi connectivity index (χ3n) is 4.66. The van der Waals surface area contributed by atoms with Crippen LogP contribution < -0.4 is 19.7 Å². The van der Waals surface area contributed by atoms with Gasteiger partial charge in [-0.15, -0.1) is 0 Å². The van der Waals surface area contributed by atoms with Crippen LogP contribution >= 0.6 is 0 Å². The normalized spacial score (nSPS) is 13.4. The van der Waals surface area contributed by atoms with Crippen LogP contribution in [0.3, 0.4) is 0 Å². The van der Waals surface area contributed by atoms with Gasteiger partial charge in [0, 0.05) is 36.1 Å². The molecule has 0 spiro atoms. The minimum Gasteiger partial charge on any atom is -0.493 e. The number of carbonyl (C=O) groups excluding carboxylic acids is 3. The summed E-state index contributed by atoms with van der Waals surface area (Å²) in [5.74, 6) is 0.695. The number of amides is 3. The average Bonchev–Trinajstić information content (AvgIpc) is 3.07. The van der Waals surface area contributed by atoms with Gasteiger partial charge in [0.15, 0.2) is 17.3 Å². The molecule has 1 fully saturated rings. The third-order valence-corrected chi connectivity index (χ3v) is 4.66. The predicted octanol–water partition coefficient (Wildman–Crippen LogP) is 2.79. The first-order valence-corrected chi connectivity index (χ1v) is 9.12. The van der Waals surface area contributed by atoms with E-state index in [0.717, 1.165) is 0 Å². The molecule has 0 aromatic heterocycles. The number of hydrogen-bond donors (Lipinski definition) is 1. The molecule has 0 aliphatic carbocycles. The first-order valence-electron chi connectivity index (χ1n) is 9.12. The maximum Gasteiger partial charge on any atom is 0.325 e. The first kappa shape index (κ1) is 20.2. The molecule has 0 radical (unpaired) electrons. The maximum absolute atomic E-state index is 12.7. The van der Waals surface area contributed by atoms with Gasteiger partial charge in [-0.1, -0.05) is 12.1 Å². The Morgan fingerprint density at radius 3 is 2.48 bits per heavy atom. The van der Waals surface area contributed by atoms with Gasteiger partial charge in [-0.25, -0.2) is 4.79 Å². The van der Waals surface area contributed by atoms with Crippen molar-refractivity contribution in [1.82, 2.24) is 4.90 Å². The van der Waals surface area contributed by atoms with Crippen molar-refractivity contribution in [2.75, 3.05) is 44.1 Å². The summed E-state index contributed by atoms with van der Waals surface area (Å²) < 4.78 is 10.5. The number of methoxy groups -OCH3 is 2. The van der Waals surface area contributed by atoms with Gasteiger partial charge >= 0.3 is 6.03 Å².